The number of para-hydroxylation sites is 2. The number of imidazole rings is 1. The summed E-state index contributed by atoms with van der Waals surface area (Å²) in [5, 5.41) is 3.55. The summed E-state index contributed by atoms with van der Waals surface area (Å²) in [5.74, 6) is 0. The molecule has 1 aromatic heterocycles. The molecule has 3 rings (SSSR count). The molecule has 1 aromatic carbocycles. The lowest BCUT2D eigenvalue weighted by atomic mass is 9.70. The van der Waals surface area contributed by atoms with Crippen LogP contribution in [0.25, 0.3) is 11.0 Å². The van der Waals surface area contributed by atoms with Gasteiger partial charge in [0.15, 0.2) is 0 Å². The van der Waals surface area contributed by atoms with E-state index in [0.29, 0.717) is 17.5 Å². The van der Waals surface area contributed by atoms with Gasteiger partial charge < -0.3 is 9.88 Å². The van der Waals surface area contributed by atoms with Crippen LogP contribution >= 0.6 is 0 Å². The van der Waals surface area contributed by atoms with Gasteiger partial charge >= 0.3 is 0 Å². The largest absolute Gasteiger partial charge is 0.326 e. The van der Waals surface area contributed by atoms with Gasteiger partial charge in [0, 0.05) is 6.04 Å². The van der Waals surface area contributed by atoms with Crippen LogP contribution in [0.4, 0.5) is 0 Å². The highest BCUT2D eigenvalue weighted by Gasteiger charge is 2.39. The number of fused-ring (bicyclic) bond motifs is 1. The van der Waals surface area contributed by atoms with Gasteiger partial charge in [-0.3, -0.25) is 0 Å². The summed E-state index contributed by atoms with van der Waals surface area (Å²) >= 11 is 0. The lowest BCUT2D eigenvalue weighted by molar-refractivity contribution is 0.121. The van der Waals surface area contributed by atoms with E-state index < -0.39 is 0 Å². The number of nitrogens with one attached hydrogen (secondary N) is 1. The van der Waals surface area contributed by atoms with Crippen LogP contribution in [0.15, 0.2) is 30.6 Å². The van der Waals surface area contributed by atoms with Gasteiger partial charge in [-0.1, -0.05) is 32.4 Å². The van der Waals surface area contributed by atoms with Gasteiger partial charge in [0.1, 0.15) is 0 Å². The van der Waals surface area contributed by atoms with Crippen LogP contribution in [0.3, 0.4) is 0 Å². The predicted molar refractivity (Wildman–Crippen MR) is 79.2 cm³/mol. The molecular formula is C16H23N3. The summed E-state index contributed by atoms with van der Waals surface area (Å²) in [6.07, 6.45) is 5.83. The summed E-state index contributed by atoms with van der Waals surface area (Å²) in [6, 6.07) is 9.42. The molecule has 1 heterocycles. The Morgan fingerprint density at radius 3 is 2.89 bits per heavy atom. The number of likely N-dealkylation sites (N-methyl/N-ethyl adjacent to an activating group) is 1. The molecule has 0 amide bonds. The Morgan fingerprint density at radius 1 is 1.32 bits per heavy atom. The molecule has 1 N–H and O–H groups in total. The zero-order valence-electron chi connectivity index (χ0n) is 12.1. The normalized spacial score (nSPS) is 26.7. The van der Waals surface area contributed by atoms with Crippen molar-refractivity contribution >= 4 is 11.0 Å². The first-order valence-electron chi connectivity index (χ1n) is 7.22. The molecule has 1 aliphatic carbocycles. The van der Waals surface area contributed by atoms with Crippen molar-refractivity contribution in [3.63, 3.8) is 0 Å². The van der Waals surface area contributed by atoms with Crippen LogP contribution < -0.4 is 5.32 Å². The van der Waals surface area contributed by atoms with E-state index in [9.17, 15) is 0 Å². The minimum atomic E-state index is 0.336. The van der Waals surface area contributed by atoms with Gasteiger partial charge in [0.05, 0.1) is 23.4 Å². The van der Waals surface area contributed by atoms with Gasteiger partial charge in [-0.05, 0) is 37.4 Å². The molecule has 1 saturated carbocycles. The Labute approximate surface area is 115 Å². The van der Waals surface area contributed by atoms with E-state index in [1.807, 2.05) is 6.33 Å². The number of nitrogens with zero attached hydrogens (tertiary/aromatic N) is 2. The van der Waals surface area contributed by atoms with Gasteiger partial charge in [-0.25, -0.2) is 4.98 Å². The molecule has 102 valence electrons. The highest BCUT2D eigenvalue weighted by atomic mass is 15.1. The zero-order chi connectivity index (χ0) is 13.5. The Bertz CT molecular complexity index is 570. The lowest BCUT2D eigenvalue weighted by Crippen LogP contribution is -2.48. The molecule has 0 spiro atoms. The van der Waals surface area contributed by atoms with Crippen LogP contribution in [-0.2, 0) is 0 Å². The van der Waals surface area contributed by atoms with E-state index in [1.54, 1.807) is 0 Å². The molecule has 0 bridgehead atoms. The topological polar surface area (TPSA) is 29.9 Å². The van der Waals surface area contributed by atoms with Crippen LogP contribution in [0.1, 0.15) is 39.2 Å². The van der Waals surface area contributed by atoms with Crippen molar-refractivity contribution in [3.8, 4) is 0 Å². The molecule has 3 heteroatoms. The number of benzene rings is 1. The summed E-state index contributed by atoms with van der Waals surface area (Å²) in [7, 11) is 2.09. The third-order valence-corrected chi connectivity index (χ3v) is 4.70. The molecule has 2 aromatic rings. The number of hydrogen-bond acceptors (Lipinski definition) is 2. The molecule has 1 fully saturated rings. The summed E-state index contributed by atoms with van der Waals surface area (Å²) < 4.78 is 2.37. The van der Waals surface area contributed by atoms with E-state index in [2.05, 4.69) is 60.0 Å². The van der Waals surface area contributed by atoms with Gasteiger partial charge in [-0.2, -0.15) is 0 Å². The van der Waals surface area contributed by atoms with Crippen molar-refractivity contribution in [2.24, 2.45) is 5.41 Å². The standard InChI is InChI=1S/C16H23N3/c1-16(2)10-6-9-14(15(16)17-3)19-11-18-12-7-4-5-8-13(12)19/h4-5,7-8,11,14-15,17H,6,9-10H2,1-3H3. The van der Waals surface area contributed by atoms with E-state index in [4.69, 9.17) is 0 Å². The SMILES string of the molecule is CNC1C(n2cnc3ccccc32)CCCC1(C)C. The van der Waals surface area contributed by atoms with Crippen molar-refractivity contribution in [2.45, 2.75) is 45.2 Å². The van der Waals surface area contributed by atoms with Crippen LogP contribution in [0.5, 0.6) is 0 Å². The fourth-order valence-corrected chi connectivity index (χ4v) is 3.74. The fourth-order valence-electron chi connectivity index (χ4n) is 3.74. The highest BCUT2D eigenvalue weighted by molar-refractivity contribution is 5.75. The molecule has 2 unspecified atom stereocenters. The van der Waals surface area contributed by atoms with E-state index in [1.165, 1.54) is 24.8 Å². The van der Waals surface area contributed by atoms with Crippen molar-refractivity contribution < 1.29 is 0 Å². The van der Waals surface area contributed by atoms with Crippen LogP contribution in [-0.4, -0.2) is 22.6 Å². The first-order valence-corrected chi connectivity index (χ1v) is 7.22. The van der Waals surface area contributed by atoms with Crippen molar-refractivity contribution in [2.75, 3.05) is 7.05 Å². The molecule has 1 aliphatic rings. The number of aromatic nitrogens is 2. The first-order chi connectivity index (χ1) is 9.13. The minimum Gasteiger partial charge on any atom is -0.326 e. The van der Waals surface area contributed by atoms with E-state index in [0.717, 1.165) is 5.52 Å². The van der Waals surface area contributed by atoms with E-state index in [-0.39, 0.29) is 0 Å². The van der Waals surface area contributed by atoms with E-state index >= 15 is 0 Å². The second-order valence-electron chi connectivity index (χ2n) is 6.36. The monoisotopic (exact) mass is 257 g/mol. The van der Waals surface area contributed by atoms with Gasteiger partial charge in [0.25, 0.3) is 0 Å². The Kier molecular flexibility index (Phi) is 3.09. The van der Waals surface area contributed by atoms with Crippen LogP contribution in [0.2, 0.25) is 0 Å². The Hall–Kier alpha value is -1.35. The maximum Gasteiger partial charge on any atom is 0.0961 e. The van der Waals surface area contributed by atoms with Gasteiger partial charge in [-0.15, -0.1) is 0 Å². The van der Waals surface area contributed by atoms with Crippen molar-refractivity contribution in [1.29, 1.82) is 0 Å². The number of rotatable bonds is 2. The molecular weight excluding hydrogens is 234 g/mol. The Balaban J connectivity index is 2.04. The zero-order valence-corrected chi connectivity index (χ0v) is 12.1. The average molecular weight is 257 g/mol. The summed E-state index contributed by atoms with van der Waals surface area (Å²) in [5.41, 5.74) is 2.69. The Morgan fingerprint density at radius 2 is 2.11 bits per heavy atom. The van der Waals surface area contributed by atoms with Crippen molar-refractivity contribution in [3.05, 3.63) is 30.6 Å². The molecule has 0 saturated heterocycles. The minimum absolute atomic E-state index is 0.336. The van der Waals surface area contributed by atoms with Gasteiger partial charge in [0.2, 0.25) is 0 Å². The molecule has 19 heavy (non-hydrogen) atoms. The van der Waals surface area contributed by atoms with Crippen LogP contribution in [0, 0.1) is 5.41 Å². The first kappa shape index (κ1) is 12.7. The van der Waals surface area contributed by atoms with Crippen molar-refractivity contribution in [1.82, 2.24) is 14.9 Å². The second-order valence-corrected chi connectivity index (χ2v) is 6.36. The third kappa shape index (κ3) is 2.06. The maximum atomic E-state index is 4.55. The highest BCUT2D eigenvalue weighted by Crippen LogP contribution is 2.42. The lowest BCUT2D eigenvalue weighted by Gasteiger charge is -2.44. The second kappa shape index (κ2) is 4.64. The predicted octanol–water partition coefficient (Wildman–Crippen LogP) is 3.38. The average Bonchev–Trinajstić information content (AvgIpc) is 2.81. The molecule has 0 radical (unpaired) electrons. The number of hydrogen-bond donors (Lipinski definition) is 1. The summed E-state index contributed by atoms with van der Waals surface area (Å²) in [4.78, 5) is 4.55. The fraction of sp³-hybridized carbons (Fsp3) is 0.562. The molecule has 3 nitrogen and oxygen atoms in total. The molecule has 0 aliphatic heterocycles. The summed E-state index contributed by atoms with van der Waals surface area (Å²) in [6.45, 7) is 4.75. The third-order valence-electron chi connectivity index (χ3n) is 4.70. The maximum absolute atomic E-state index is 4.55. The smallest absolute Gasteiger partial charge is 0.0961 e. The molecule has 2 atom stereocenters. The quantitative estimate of drug-likeness (QED) is 0.894.